The van der Waals surface area contributed by atoms with Crippen LogP contribution >= 0.6 is 0 Å². The molecule has 0 bridgehead atoms. The molecule has 1 unspecified atom stereocenters. The second kappa shape index (κ2) is 11.2. The molecule has 1 fully saturated rings. The fourth-order valence-electron chi connectivity index (χ4n) is 5.65. The molecule has 0 saturated heterocycles. The number of alkyl halides is 2. The molecule has 0 amide bonds. The number of carboxylic acid groups (broad SMARTS) is 1. The maximum absolute atomic E-state index is 13.4. The highest BCUT2D eigenvalue weighted by Gasteiger charge is 2.35. The Morgan fingerprint density at radius 1 is 1.00 bits per heavy atom. The van der Waals surface area contributed by atoms with Crippen molar-refractivity contribution in [2.75, 3.05) is 13.2 Å². The summed E-state index contributed by atoms with van der Waals surface area (Å²) in [4.78, 5) is 11.1. The van der Waals surface area contributed by atoms with E-state index in [2.05, 4.69) is 26.0 Å². The molecular weight excluding hydrogens is 502 g/mol. The average molecular weight is 537 g/mol. The van der Waals surface area contributed by atoms with Gasteiger partial charge in [0.1, 0.15) is 23.9 Å². The Hall–Kier alpha value is -3.61. The Kier molecular flexibility index (Phi) is 7.78. The van der Waals surface area contributed by atoms with Crippen LogP contribution in [0, 0.1) is 19.8 Å². The molecule has 0 spiro atoms. The molecule has 1 atom stereocenters. The summed E-state index contributed by atoms with van der Waals surface area (Å²) >= 11 is 0. The van der Waals surface area contributed by atoms with E-state index in [-0.39, 0.29) is 31.1 Å². The Morgan fingerprint density at radius 2 is 1.74 bits per heavy atom. The van der Waals surface area contributed by atoms with E-state index < -0.39 is 11.9 Å². The number of carboxylic acids is 1. The van der Waals surface area contributed by atoms with Crippen molar-refractivity contribution in [2.24, 2.45) is 5.92 Å². The number of carbonyl (C=O) groups is 1. The number of ether oxygens (including phenoxy) is 3. The molecule has 1 N–H and O–H groups in total. The molecule has 39 heavy (non-hydrogen) atoms. The standard InChI is InChI=1S/C32H34F2O5/c1-20-12-27(38-17-22-8-10-32(33,34)11-9-22)13-21(2)31(20)24-5-3-4-23(14-24)18-37-26-6-7-28-25(15-30(35)36)19-39-29(28)16-26/h3-7,12-14,16,22,25H,8-11,15,17-19H2,1-2H3,(H,35,36). The Bertz CT molecular complexity index is 1320. The van der Waals surface area contributed by atoms with Crippen molar-refractivity contribution in [3.8, 4) is 28.4 Å². The van der Waals surface area contributed by atoms with Crippen molar-refractivity contribution in [3.63, 3.8) is 0 Å². The molecule has 3 aromatic carbocycles. The van der Waals surface area contributed by atoms with Gasteiger partial charge in [-0.25, -0.2) is 8.78 Å². The molecule has 0 radical (unpaired) electrons. The Morgan fingerprint density at radius 3 is 2.46 bits per heavy atom. The van der Waals surface area contributed by atoms with Gasteiger partial charge in [-0.05, 0) is 84.7 Å². The molecular formula is C32H34F2O5. The number of hydrogen-bond donors (Lipinski definition) is 1. The van der Waals surface area contributed by atoms with E-state index in [4.69, 9.17) is 19.3 Å². The van der Waals surface area contributed by atoms with Gasteiger partial charge in [-0.2, -0.15) is 0 Å². The Balaban J connectivity index is 1.22. The molecule has 1 saturated carbocycles. The van der Waals surface area contributed by atoms with Crippen LogP contribution in [0.5, 0.6) is 17.2 Å². The lowest BCUT2D eigenvalue weighted by molar-refractivity contribution is -0.137. The van der Waals surface area contributed by atoms with Crippen molar-refractivity contribution in [1.82, 2.24) is 0 Å². The smallest absolute Gasteiger partial charge is 0.304 e. The maximum atomic E-state index is 13.4. The lowest BCUT2D eigenvalue weighted by atomic mass is 9.87. The molecule has 1 aliphatic carbocycles. The predicted molar refractivity (Wildman–Crippen MR) is 145 cm³/mol. The molecule has 1 aliphatic heterocycles. The van der Waals surface area contributed by atoms with Gasteiger partial charge < -0.3 is 19.3 Å². The summed E-state index contributed by atoms with van der Waals surface area (Å²) in [6, 6.07) is 17.8. The zero-order valence-corrected chi connectivity index (χ0v) is 22.3. The average Bonchev–Trinajstić information content (AvgIpc) is 3.28. The van der Waals surface area contributed by atoms with Crippen molar-refractivity contribution in [2.45, 2.75) is 64.4 Å². The SMILES string of the molecule is Cc1cc(OCC2CCC(F)(F)CC2)cc(C)c1-c1cccc(COc2ccc3c(c2)OCC3CC(=O)O)c1. The second-order valence-corrected chi connectivity index (χ2v) is 10.8. The number of rotatable bonds is 9. The zero-order chi connectivity index (χ0) is 27.6. The van der Waals surface area contributed by atoms with Crippen LogP contribution in [0.25, 0.3) is 11.1 Å². The van der Waals surface area contributed by atoms with Crippen LogP contribution in [0.2, 0.25) is 0 Å². The lowest BCUT2D eigenvalue weighted by Gasteiger charge is -2.28. The van der Waals surface area contributed by atoms with Crippen molar-refractivity contribution in [3.05, 3.63) is 76.9 Å². The minimum Gasteiger partial charge on any atom is -0.493 e. The third kappa shape index (κ3) is 6.52. The largest absolute Gasteiger partial charge is 0.493 e. The van der Waals surface area contributed by atoms with Gasteiger partial charge in [0.05, 0.1) is 19.6 Å². The molecule has 5 rings (SSSR count). The molecule has 1 heterocycles. The maximum Gasteiger partial charge on any atom is 0.304 e. The van der Waals surface area contributed by atoms with Gasteiger partial charge in [-0.15, -0.1) is 0 Å². The van der Waals surface area contributed by atoms with Crippen LogP contribution in [0.4, 0.5) is 8.78 Å². The number of aryl methyl sites for hydroxylation is 2. The summed E-state index contributed by atoms with van der Waals surface area (Å²) in [6.07, 6.45) is 0.953. The van der Waals surface area contributed by atoms with E-state index in [9.17, 15) is 13.6 Å². The van der Waals surface area contributed by atoms with Gasteiger partial charge in [-0.1, -0.05) is 24.3 Å². The van der Waals surface area contributed by atoms with E-state index in [1.54, 1.807) is 0 Å². The van der Waals surface area contributed by atoms with Gasteiger partial charge in [-0.3, -0.25) is 4.79 Å². The van der Waals surface area contributed by atoms with Crippen molar-refractivity contribution < 1.29 is 32.9 Å². The van der Waals surface area contributed by atoms with Crippen LogP contribution in [0.15, 0.2) is 54.6 Å². The summed E-state index contributed by atoms with van der Waals surface area (Å²) < 4.78 is 44.6. The third-order valence-electron chi connectivity index (χ3n) is 7.74. The summed E-state index contributed by atoms with van der Waals surface area (Å²) in [7, 11) is 0. The van der Waals surface area contributed by atoms with Gasteiger partial charge in [0.2, 0.25) is 5.92 Å². The van der Waals surface area contributed by atoms with Gasteiger partial charge in [0, 0.05) is 30.4 Å². The number of aliphatic carboxylic acids is 1. The summed E-state index contributed by atoms with van der Waals surface area (Å²) in [5, 5.41) is 9.10. The summed E-state index contributed by atoms with van der Waals surface area (Å²) in [6.45, 7) is 5.33. The highest BCUT2D eigenvalue weighted by atomic mass is 19.3. The normalized spacial score (nSPS) is 18.3. The first-order chi connectivity index (χ1) is 18.7. The highest BCUT2D eigenvalue weighted by Crippen LogP contribution is 2.39. The van der Waals surface area contributed by atoms with Crippen molar-refractivity contribution in [1.29, 1.82) is 0 Å². The second-order valence-electron chi connectivity index (χ2n) is 10.8. The van der Waals surface area contributed by atoms with Gasteiger partial charge in [0.15, 0.2) is 0 Å². The predicted octanol–water partition coefficient (Wildman–Crippen LogP) is 7.70. The minimum absolute atomic E-state index is 0.0496. The van der Waals surface area contributed by atoms with Crippen LogP contribution in [-0.4, -0.2) is 30.2 Å². The van der Waals surface area contributed by atoms with E-state index in [0.29, 0.717) is 44.2 Å². The van der Waals surface area contributed by atoms with E-state index >= 15 is 0 Å². The Labute approximate surface area is 227 Å². The fraction of sp³-hybridized carbons (Fsp3) is 0.406. The molecule has 3 aromatic rings. The molecule has 2 aliphatic rings. The topological polar surface area (TPSA) is 65.0 Å². The molecule has 5 nitrogen and oxygen atoms in total. The molecule has 206 valence electrons. The van der Waals surface area contributed by atoms with Crippen LogP contribution in [-0.2, 0) is 11.4 Å². The van der Waals surface area contributed by atoms with Crippen LogP contribution in [0.3, 0.4) is 0 Å². The number of fused-ring (bicyclic) bond motifs is 1. The fourth-order valence-corrected chi connectivity index (χ4v) is 5.65. The summed E-state index contributed by atoms with van der Waals surface area (Å²) in [5.74, 6) is -1.19. The zero-order valence-electron chi connectivity index (χ0n) is 22.3. The number of halogens is 2. The van der Waals surface area contributed by atoms with E-state index in [1.165, 1.54) is 0 Å². The third-order valence-corrected chi connectivity index (χ3v) is 7.74. The highest BCUT2D eigenvalue weighted by molar-refractivity contribution is 5.72. The van der Waals surface area contributed by atoms with Crippen LogP contribution < -0.4 is 14.2 Å². The monoisotopic (exact) mass is 536 g/mol. The molecule has 0 aromatic heterocycles. The quantitative estimate of drug-likeness (QED) is 0.304. The first kappa shape index (κ1) is 27.0. The number of hydrogen-bond acceptors (Lipinski definition) is 4. The van der Waals surface area contributed by atoms with Crippen molar-refractivity contribution >= 4 is 5.97 Å². The number of benzene rings is 3. The van der Waals surface area contributed by atoms with Crippen LogP contribution in [0.1, 0.15) is 60.3 Å². The first-order valence-corrected chi connectivity index (χ1v) is 13.5. The lowest BCUT2D eigenvalue weighted by Crippen LogP contribution is -2.27. The molecule has 7 heteroatoms. The van der Waals surface area contributed by atoms with E-state index in [0.717, 1.165) is 39.1 Å². The van der Waals surface area contributed by atoms with Gasteiger partial charge in [0.25, 0.3) is 0 Å². The first-order valence-electron chi connectivity index (χ1n) is 13.5. The van der Waals surface area contributed by atoms with E-state index in [1.807, 2.05) is 42.5 Å². The van der Waals surface area contributed by atoms with Gasteiger partial charge >= 0.3 is 5.97 Å². The minimum atomic E-state index is -2.52. The summed E-state index contributed by atoms with van der Waals surface area (Å²) in [5.41, 5.74) is 6.32.